The molecule has 4 heterocycles. The normalized spacial score (nSPS) is 11.0. The quantitative estimate of drug-likeness (QED) is 0.484. The monoisotopic (exact) mass is 464 g/mol. The zero-order chi connectivity index (χ0) is 24.5. The van der Waals surface area contributed by atoms with Crippen molar-refractivity contribution in [1.82, 2.24) is 34.7 Å². The molecule has 0 spiro atoms. The molecule has 4 rings (SSSR count). The molecule has 0 fully saturated rings. The van der Waals surface area contributed by atoms with Crippen LogP contribution < -0.4 is 5.32 Å². The third-order valence-corrected chi connectivity index (χ3v) is 4.59. The third-order valence-electron chi connectivity index (χ3n) is 4.59. The lowest BCUT2D eigenvalue weighted by Crippen LogP contribution is -2.21. The third kappa shape index (κ3) is 3.91. The van der Waals surface area contributed by atoms with Crippen LogP contribution in [0.25, 0.3) is 11.5 Å². The molecule has 0 radical (unpaired) electrons. The Hall–Kier alpha value is -5.11. The molecule has 4 aromatic rings. The summed E-state index contributed by atoms with van der Waals surface area (Å²) in [4.78, 5) is 21.8. The van der Waals surface area contributed by atoms with Gasteiger partial charge in [0.05, 0.1) is 53.0 Å². The molecule has 34 heavy (non-hydrogen) atoms. The number of hydrogen-bond donors (Lipinski definition) is 1. The van der Waals surface area contributed by atoms with E-state index in [2.05, 4.69) is 30.6 Å². The van der Waals surface area contributed by atoms with Gasteiger partial charge in [-0.2, -0.15) is 39.0 Å². The lowest BCUT2D eigenvalue weighted by molar-refractivity contribution is -0.143. The predicted molar refractivity (Wildman–Crippen MR) is 108 cm³/mol. The fourth-order valence-electron chi connectivity index (χ4n) is 3.13. The summed E-state index contributed by atoms with van der Waals surface area (Å²) >= 11 is 0. The Morgan fingerprint density at radius 3 is 2.44 bits per heavy atom. The van der Waals surface area contributed by atoms with E-state index in [9.17, 15) is 28.5 Å². The Morgan fingerprint density at radius 2 is 1.79 bits per heavy atom. The number of halogens is 3. The Labute approximate surface area is 188 Å². The molecule has 14 heteroatoms. The summed E-state index contributed by atoms with van der Waals surface area (Å²) in [5.41, 5.74) is -2.31. The van der Waals surface area contributed by atoms with Gasteiger partial charge in [-0.25, -0.2) is 9.67 Å². The van der Waals surface area contributed by atoms with Crippen LogP contribution in [0.3, 0.4) is 0 Å². The first kappa shape index (κ1) is 22.1. The van der Waals surface area contributed by atoms with Crippen LogP contribution in [0.1, 0.15) is 32.9 Å². The van der Waals surface area contributed by atoms with E-state index >= 15 is 0 Å². The molecule has 1 N–H and O–H groups in total. The van der Waals surface area contributed by atoms with Crippen molar-refractivity contribution in [2.24, 2.45) is 0 Å². The maximum Gasteiger partial charge on any atom is 0.434 e. The number of alkyl halides is 3. The first-order chi connectivity index (χ1) is 16.2. The van der Waals surface area contributed by atoms with Gasteiger partial charge in [-0.15, -0.1) is 4.80 Å². The lowest BCUT2D eigenvalue weighted by atomic mass is 10.1. The highest BCUT2D eigenvalue weighted by molar-refractivity contribution is 6.05. The van der Waals surface area contributed by atoms with Crippen molar-refractivity contribution in [3.8, 4) is 23.6 Å². The largest absolute Gasteiger partial charge is 0.434 e. The number of amides is 1. The lowest BCUT2D eigenvalue weighted by Gasteiger charge is -2.14. The number of aryl methyl sites for hydroxylation is 1. The smallest absolute Gasteiger partial charge is 0.320 e. The van der Waals surface area contributed by atoms with Gasteiger partial charge in [0, 0.05) is 6.20 Å². The first-order valence-corrected chi connectivity index (χ1v) is 9.34. The van der Waals surface area contributed by atoms with Crippen molar-refractivity contribution in [1.29, 1.82) is 10.5 Å². The Morgan fingerprint density at radius 1 is 1.06 bits per heavy atom. The molecule has 0 saturated heterocycles. The molecule has 0 aliphatic carbocycles. The molecule has 0 bridgehead atoms. The van der Waals surface area contributed by atoms with Crippen LogP contribution in [0.5, 0.6) is 0 Å². The van der Waals surface area contributed by atoms with Crippen molar-refractivity contribution in [3.63, 3.8) is 0 Å². The Balaban J connectivity index is 1.74. The number of nitrogens with zero attached hydrogens (tertiary/aromatic N) is 9. The van der Waals surface area contributed by atoms with Crippen LogP contribution in [0.4, 0.5) is 18.9 Å². The standard InChI is InChI=1S/C20H11F3N10O/c1-11-14(8-25)16(2-3-26-11)32-17(20(21,22)23)15(10-30-32)19(34)31-13-6-12(7-24)18(27-9-13)33-28-4-5-29-33/h2-6,9-10H,1H3,(H,31,34). The zero-order valence-corrected chi connectivity index (χ0v) is 17.1. The van der Waals surface area contributed by atoms with E-state index in [1.54, 1.807) is 6.07 Å². The second kappa shape index (κ2) is 8.44. The number of carbonyl (C=O) groups excluding carboxylic acids is 1. The molecular weight excluding hydrogens is 453 g/mol. The summed E-state index contributed by atoms with van der Waals surface area (Å²) in [6, 6.07) is 6.09. The van der Waals surface area contributed by atoms with Crippen molar-refractivity contribution >= 4 is 11.6 Å². The molecule has 0 aliphatic heterocycles. The molecule has 0 unspecified atom stereocenters. The number of nitrogens with one attached hydrogen (secondary N) is 1. The fraction of sp³-hybridized carbons (Fsp3) is 0.100. The SMILES string of the molecule is Cc1nccc(-n2ncc(C(=O)Nc3cnc(-n4nccn4)c(C#N)c3)c2C(F)(F)F)c1C#N. The van der Waals surface area contributed by atoms with E-state index in [0.717, 1.165) is 17.2 Å². The van der Waals surface area contributed by atoms with Gasteiger partial charge in [0.25, 0.3) is 5.91 Å². The number of carbonyl (C=O) groups is 1. The highest BCUT2D eigenvalue weighted by atomic mass is 19.4. The average molecular weight is 464 g/mol. The van der Waals surface area contributed by atoms with Gasteiger partial charge >= 0.3 is 6.18 Å². The highest BCUT2D eigenvalue weighted by Crippen LogP contribution is 2.35. The van der Waals surface area contributed by atoms with E-state index < -0.39 is 23.3 Å². The van der Waals surface area contributed by atoms with Crippen molar-refractivity contribution in [2.75, 3.05) is 5.32 Å². The molecule has 168 valence electrons. The van der Waals surface area contributed by atoms with Crippen LogP contribution in [0.2, 0.25) is 0 Å². The number of rotatable bonds is 4. The first-order valence-electron chi connectivity index (χ1n) is 9.34. The van der Waals surface area contributed by atoms with E-state index in [-0.39, 0.29) is 34.0 Å². The molecule has 0 atom stereocenters. The van der Waals surface area contributed by atoms with Gasteiger partial charge in [0.15, 0.2) is 11.5 Å². The van der Waals surface area contributed by atoms with Gasteiger partial charge in [-0.3, -0.25) is 9.78 Å². The number of aromatic nitrogens is 7. The Bertz CT molecular complexity index is 1480. The molecule has 0 aromatic carbocycles. The number of hydrogen-bond acceptors (Lipinski definition) is 8. The topological polar surface area (TPSA) is 151 Å². The van der Waals surface area contributed by atoms with Crippen LogP contribution >= 0.6 is 0 Å². The maximum absolute atomic E-state index is 14.0. The second-order valence-electron chi connectivity index (χ2n) is 6.70. The van der Waals surface area contributed by atoms with Crippen LogP contribution in [0.15, 0.2) is 43.1 Å². The summed E-state index contributed by atoms with van der Waals surface area (Å²) in [5.74, 6) is -1.06. The van der Waals surface area contributed by atoms with Gasteiger partial charge in [-0.1, -0.05) is 0 Å². The number of anilines is 1. The van der Waals surface area contributed by atoms with Crippen LogP contribution in [-0.2, 0) is 6.18 Å². The molecule has 1 amide bonds. The molecule has 0 aliphatic rings. The minimum atomic E-state index is -4.99. The number of nitriles is 2. The second-order valence-corrected chi connectivity index (χ2v) is 6.70. The van der Waals surface area contributed by atoms with Crippen molar-refractivity contribution < 1.29 is 18.0 Å². The fourth-order valence-corrected chi connectivity index (χ4v) is 3.13. The summed E-state index contributed by atoms with van der Waals surface area (Å²) in [7, 11) is 0. The summed E-state index contributed by atoms with van der Waals surface area (Å²) in [5, 5.41) is 32.5. The number of pyridine rings is 2. The Kier molecular flexibility index (Phi) is 5.48. The highest BCUT2D eigenvalue weighted by Gasteiger charge is 2.41. The van der Waals surface area contributed by atoms with Crippen LogP contribution in [0, 0.1) is 29.6 Å². The maximum atomic E-state index is 14.0. The van der Waals surface area contributed by atoms with E-state index in [4.69, 9.17) is 0 Å². The van der Waals surface area contributed by atoms with Crippen molar-refractivity contribution in [3.05, 3.63) is 71.2 Å². The van der Waals surface area contributed by atoms with Gasteiger partial charge in [0.1, 0.15) is 17.7 Å². The summed E-state index contributed by atoms with van der Waals surface area (Å²) < 4.78 is 42.4. The predicted octanol–water partition coefficient (Wildman–Crippen LogP) is 2.57. The summed E-state index contributed by atoms with van der Waals surface area (Å²) in [6.07, 6.45) is 0.884. The van der Waals surface area contributed by atoms with Crippen LogP contribution in [-0.4, -0.2) is 40.6 Å². The van der Waals surface area contributed by atoms with E-state index in [0.29, 0.717) is 4.68 Å². The van der Waals surface area contributed by atoms with Gasteiger partial charge in [-0.05, 0) is 19.1 Å². The molecule has 11 nitrogen and oxygen atoms in total. The minimum absolute atomic E-state index is 0.0216. The van der Waals surface area contributed by atoms with Gasteiger partial charge in [0.2, 0.25) is 0 Å². The van der Waals surface area contributed by atoms with E-state index in [1.165, 1.54) is 37.6 Å². The minimum Gasteiger partial charge on any atom is -0.320 e. The molecule has 0 saturated carbocycles. The van der Waals surface area contributed by atoms with Gasteiger partial charge < -0.3 is 5.32 Å². The summed E-state index contributed by atoms with van der Waals surface area (Å²) in [6.45, 7) is 1.47. The van der Waals surface area contributed by atoms with E-state index in [1.807, 2.05) is 6.07 Å². The average Bonchev–Trinajstić information content (AvgIpc) is 3.49. The molecule has 4 aromatic heterocycles. The van der Waals surface area contributed by atoms with Crippen molar-refractivity contribution in [2.45, 2.75) is 13.1 Å². The molecular formula is C20H11F3N10O. The zero-order valence-electron chi connectivity index (χ0n) is 17.1.